The molecular weight excluding hydrogens is 348 g/mol. The number of methoxy groups -OCH3 is 1. The van der Waals surface area contributed by atoms with E-state index in [1.165, 1.54) is 4.68 Å². The first kappa shape index (κ1) is 17.3. The van der Waals surface area contributed by atoms with E-state index in [4.69, 9.17) is 9.26 Å². The number of pyridine rings is 1. The fourth-order valence-electron chi connectivity index (χ4n) is 3.28. The van der Waals surface area contributed by atoms with Crippen LogP contribution in [0.3, 0.4) is 0 Å². The van der Waals surface area contributed by atoms with E-state index >= 15 is 0 Å². The number of rotatable bonds is 6. The smallest absolute Gasteiger partial charge is 0.324 e. The lowest BCUT2D eigenvalue weighted by molar-refractivity contribution is 0.174. The van der Waals surface area contributed by atoms with Crippen molar-refractivity contribution in [2.24, 2.45) is 0 Å². The molecule has 3 aromatic rings. The van der Waals surface area contributed by atoms with E-state index in [1.807, 2.05) is 17.0 Å². The van der Waals surface area contributed by atoms with Gasteiger partial charge in [-0.2, -0.15) is 10.1 Å². The predicted octanol–water partition coefficient (Wildman–Crippen LogP) is 1.50. The average molecular weight is 368 g/mol. The molecule has 0 amide bonds. The second-order valence-electron chi connectivity index (χ2n) is 6.39. The second kappa shape index (κ2) is 7.67. The largest absolute Gasteiger partial charge is 0.377 e. The minimum atomic E-state index is -0.134. The quantitative estimate of drug-likeness (QED) is 0.645. The molecule has 0 N–H and O–H groups in total. The van der Waals surface area contributed by atoms with Crippen LogP contribution in [0.25, 0.3) is 11.3 Å². The summed E-state index contributed by atoms with van der Waals surface area (Å²) < 4.78 is 11.9. The van der Waals surface area contributed by atoms with Gasteiger partial charge in [0.1, 0.15) is 6.61 Å². The molecule has 4 rings (SSSR count). The van der Waals surface area contributed by atoms with Crippen LogP contribution in [0.15, 0.2) is 46.0 Å². The SMILES string of the molecule is COCc1noc(N2CCCC2Cn2nc(-c3ccncc3)ccc2=O)n1. The Hall–Kier alpha value is -3.07. The molecule has 140 valence electrons. The summed E-state index contributed by atoms with van der Waals surface area (Å²) >= 11 is 0. The number of aromatic nitrogens is 5. The van der Waals surface area contributed by atoms with Crippen molar-refractivity contribution in [3.8, 4) is 11.3 Å². The highest BCUT2D eigenvalue weighted by atomic mass is 16.5. The van der Waals surface area contributed by atoms with Crippen LogP contribution in [0, 0.1) is 0 Å². The van der Waals surface area contributed by atoms with Gasteiger partial charge >= 0.3 is 6.01 Å². The molecule has 0 aromatic carbocycles. The van der Waals surface area contributed by atoms with Crippen molar-refractivity contribution in [2.75, 3.05) is 18.6 Å². The van der Waals surface area contributed by atoms with Crippen molar-refractivity contribution < 1.29 is 9.26 Å². The van der Waals surface area contributed by atoms with Crippen LogP contribution in [0.4, 0.5) is 6.01 Å². The first-order valence-corrected chi connectivity index (χ1v) is 8.81. The Kier molecular flexibility index (Phi) is 4.93. The molecule has 1 aliphatic rings. The zero-order valence-electron chi connectivity index (χ0n) is 15.0. The molecule has 0 aliphatic carbocycles. The van der Waals surface area contributed by atoms with Crippen molar-refractivity contribution >= 4 is 6.01 Å². The van der Waals surface area contributed by atoms with Crippen LogP contribution in [0.2, 0.25) is 0 Å². The van der Waals surface area contributed by atoms with Crippen LogP contribution in [-0.2, 0) is 17.9 Å². The molecule has 0 saturated carbocycles. The molecule has 0 bridgehead atoms. The summed E-state index contributed by atoms with van der Waals surface area (Å²) in [7, 11) is 1.59. The number of hydrogen-bond acceptors (Lipinski definition) is 8. The molecule has 0 spiro atoms. The maximum Gasteiger partial charge on any atom is 0.324 e. The van der Waals surface area contributed by atoms with Crippen LogP contribution < -0.4 is 10.5 Å². The van der Waals surface area contributed by atoms with Crippen molar-refractivity contribution in [1.82, 2.24) is 24.9 Å². The fraction of sp³-hybridized carbons (Fsp3) is 0.389. The second-order valence-corrected chi connectivity index (χ2v) is 6.39. The maximum atomic E-state index is 12.3. The Morgan fingerprint density at radius 3 is 2.93 bits per heavy atom. The summed E-state index contributed by atoms with van der Waals surface area (Å²) in [6.45, 7) is 1.56. The van der Waals surface area contributed by atoms with Crippen molar-refractivity contribution in [1.29, 1.82) is 0 Å². The van der Waals surface area contributed by atoms with E-state index in [9.17, 15) is 4.79 Å². The normalized spacial score (nSPS) is 16.8. The fourth-order valence-corrected chi connectivity index (χ4v) is 3.28. The van der Waals surface area contributed by atoms with Crippen molar-refractivity contribution in [3.63, 3.8) is 0 Å². The number of ether oxygens (including phenoxy) is 1. The summed E-state index contributed by atoms with van der Waals surface area (Å²) in [5.74, 6) is 0.508. The van der Waals surface area contributed by atoms with Gasteiger partial charge in [-0.15, -0.1) is 0 Å². The van der Waals surface area contributed by atoms with Crippen LogP contribution >= 0.6 is 0 Å². The summed E-state index contributed by atoms with van der Waals surface area (Å²) in [4.78, 5) is 22.8. The predicted molar refractivity (Wildman–Crippen MR) is 97.1 cm³/mol. The van der Waals surface area contributed by atoms with Gasteiger partial charge in [0.15, 0.2) is 5.82 Å². The third-order valence-electron chi connectivity index (χ3n) is 4.58. The van der Waals surface area contributed by atoms with E-state index in [0.29, 0.717) is 25.0 Å². The molecular formula is C18H20N6O3. The third-order valence-corrected chi connectivity index (χ3v) is 4.58. The van der Waals surface area contributed by atoms with Gasteiger partial charge in [0.25, 0.3) is 5.56 Å². The molecule has 1 fully saturated rings. The number of anilines is 1. The zero-order chi connectivity index (χ0) is 18.6. The van der Waals surface area contributed by atoms with Gasteiger partial charge in [-0.3, -0.25) is 9.78 Å². The molecule has 1 atom stereocenters. The van der Waals surface area contributed by atoms with Crippen molar-refractivity contribution in [3.05, 3.63) is 52.8 Å². The number of nitrogens with zero attached hydrogens (tertiary/aromatic N) is 6. The van der Waals surface area contributed by atoms with E-state index in [1.54, 1.807) is 31.6 Å². The molecule has 1 saturated heterocycles. The highest BCUT2D eigenvalue weighted by Crippen LogP contribution is 2.25. The van der Waals surface area contributed by atoms with Gasteiger partial charge in [0, 0.05) is 37.7 Å². The number of hydrogen-bond donors (Lipinski definition) is 0. The Morgan fingerprint density at radius 2 is 2.11 bits per heavy atom. The van der Waals surface area contributed by atoms with Gasteiger partial charge in [-0.25, -0.2) is 4.68 Å². The average Bonchev–Trinajstić information content (AvgIpc) is 3.34. The Bertz CT molecular complexity index is 955. The molecule has 4 heterocycles. The first-order valence-electron chi connectivity index (χ1n) is 8.81. The third kappa shape index (κ3) is 3.72. The Morgan fingerprint density at radius 1 is 1.26 bits per heavy atom. The van der Waals surface area contributed by atoms with Crippen LogP contribution in [-0.4, -0.2) is 44.6 Å². The molecule has 0 radical (unpaired) electrons. The van der Waals surface area contributed by atoms with Crippen LogP contribution in [0.1, 0.15) is 18.7 Å². The topological polar surface area (TPSA) is 99.2 Å². The standard InChI is InChI=1S/C18H20N6O3/c1-26-12-16-20-18(27-22-16)23-10-2-3-14(23)11-24-17(25)5-4-15(21-24)13-6-8-19-9-7-13/h4-9,14H,2-3,10-12H2,1H3. The van der Waals surface area contributed by atoms with E-state index in [2.05, 4.69) is 20.2 Å². The highest BCUT2D eigenvalue weighted by Gasteiger charge is 2.29. The van der Waals surface area contributed by atoms with Gasteiger partial charge in [0.2, 0.25) is 0 Å². The first-order chi connectivity index (χ1) is 13.2. The van der Waals surface area contributed by atoms with Gasteiger partial charge < -0.3 is 14.2 Å². The Labute approximate surface area is 155 Å². The summed E-state index contributed by atoms with van der Waals surface area (Å²) in [6, 6.07) is 7.55. The lowest BCUT2D eigenvalue weighted by Gasteiger charge is -2.22. The molecule has 3 aromatic heterocycles. The molecule has 9 heteroatoms. The van der Waals surface area contributed by atoms with E-state index in [-0.39, 0.29) is 11.6 Å². The summed E-state index contributed by atoms with van der Waals surface area (Å²) in [5.41, 5.74) is 1.52. The highest BCUT2D eigenvalue weighted by molar-refractivity contribution is 5.57. The maximum absolute atomic E-state index is 12.3. The molecule has 1 unspecified atom stereocenters. The van der Waals surface area contributed by atoms with Crippen molar-refractivity contribution in [2.45, 2.75) is 32.0 Å². The Balaban J connectivity index is 1.56. The molecule has 1 aliphatic heterocycles. The lowest BCUT2D eigenvalue weighted by Crippen LogP contribution is -2.37. The monoisotopic (exact) mass is 368 g/mol. The van der Waals surface area contributed by atoms with Gasteiger partial charge in [-0.05, 0) is 31.0 Å². The summed E-state index contributed by atoms with van der Waals surface area (Å²) in [6.07, 6.45) is 5.33. The minimum Gasteiger partial charge on any atom is -0.377 e. The minimum absolute atomic E-state index is 0.0683. The summed E-state index contributed by atoms with van der Waals surface area (Å²) in [5, 5.41) is 8.45. The van der Waals surface area contributed by atoms with Crippen LogP contribution in [0.5, 0.6) is 0 Å². The van der Waals surface area contributed by atoms with E-state index < -0.39 is 0 Å². The molecule has 9 nitrogen and oxygen atoms in total. The van der Waals surface area contributed by atoms with Gasteiger partial charge in [-0.1, -0.05) is 5.16 Å². The zero-order valence-corrected chi connectivity index (χ0v) is 15.0. The van der Waals surface area contributed by atoms with E-state index in [0.717, 1.165) is 30.6 Å². The lowest BCUT2D eigenvalue weighted by atomic mass is 10.2. The van der Waals surface area contributed by atoms with Gasteiger partial charge in [0.05, 0.1) is 18.3 Å². The molecule has 27 heavy (non-hydrogen) atoms.